The Labute approximate surface area is 133 Å². The molecular weight excluding hydrogens is 299 g/mol. The third-order valence-electron chi connectivity index (χ3n) is 3.27. The van der Waals surface area contributed by atoms with Crippen LogP contribution in [0.25, 0.3) is 0 Å². The van der Waals surface area contributed by atoms with Crippen LogP contribution < -0.4 is 5.32 Å². The number of esters is 1. The van der Waals surface area contributed by atoms with Gasteiger partial charge in [-0.3, -0.25) is 4.79 Å². The predicted molar refractivity (Wildman–Crippen MR) is 80.7 cm³/mol. The summed E-state index contributed by atoms with van der Waals surface area (Å²) in [6.07, 6.45) is 5.69. The van der Waals surface area contributed by atoms with E-state index in [2.05, 4.69) is 5.32 Å². The molecule has 0 saturated heterocycles. The lowest BCUT2D eigenvalue weighted by molar-refractivity contribution is -0.140. The molecule has 0 radical (unpaired) electrons. The van der Waals surface area contributed by atoms with Crippen molar-refractivity contribution < 1.29 is 18.7 Å². The highest BCUT2D eigenvalue weighted by Crippen LogP contribution is 2.14. The number of allylic oxidation sites excluding steroid dienone is 3. The number of nitriles is 1. The number of hydrogen-bond donors (Lipinski definition) is 1. The number of rotatable bonds is 5. The first kappa shape index (κ1) is 16.4. The van der Waals surface area contributed by atoms with E-state index in [0.29, 0.717) is 12.0 Å². The van der Waals surface area contributed by atoms with Crippen LogP contribution in [0.2, 0.25) is 0 Å². The first-order valence-electron chi connectivity index (χ1n) is 6.96. The Kier molecular flexibility index (Phi) is 4.91. The molecule has 118 valence electrons. The molecule has 1 unspecified atom stereocenters. The van der Waals surface area contributed by atoms with Gasteiger partial charge in [-0.15, -0.1) is 0 Å². The van der Waals surface area contributed by atoms with Crippen molar-refractivity contribution in [1.82, 2.24) is 5.32 Å². The molecule has 1 aromatic carbocycles. The molecule has 0 bridgehead atoms. The maximum atomic E-state index is 12.9. The number of benzene rings is 1. The Morgan fingerprint density at radius 3 is 2.65 bits per heavy atom. The van der Waals surface area contributed by atoms with Crippen LogP contribution in [0.3, 0.4) is 0 Å². The third-order valence-corrected chi connectivity index (χ3v) is 3.27. The van der Waals surface area contributed by atoms with Crippen molar-refractivity contribution in [3.05, 3.63) is 59.4 Å². The van der Waals surface area contributed by atoms with Gasteiger partial charge in [0.2, 0.25) is 0 Å². The SMILES string of the molecule is CC(C#N)(COC(=O)C1=CC=CC1)NC(=O)c1ccc(F)cc1. The van der Waals surface area contributed by atoms with Gasteiger partial charge >= 0.3 is 5.97 Å². The van der Waals surface area contributed by atoms with Gasteiger partial charge in [-0.05, 0) is 37.6 Å². The minimum atomic E-state index is -1.38. The molecule has 0 aromatic heterocycles. The van der Waals surface area contributed by atoms with Gasteiger partial charge in [-0.2, -0.15) is 5.26 Å². The summed E-state index contributed by atoms with van der Waals surface area (Å²) in [5, 5.41) is 11.8. The molecule has 0 spiro atoms. The second-order valence-electron chi connectivity index (χ2n) is 5.31. The zero-order valence-electron chi connectivity index (χ0n) is 12.5. The molecule has 5 nitrogen and oxygen atoms in total. The van der Waals surface area contributed by atoms with Crippen LogP contribution in [-0.4, -0.2) is 24.0 Å². The molecule has 0 saturated carbocycles. The van der Waals surface area contributed by atoms with Crippen LogP contribution in [0.1, 0.15) is 23.7 Å². The van der Waals surface area contributed by atoms with Crippen LogP contribution in [0.4, 0.5) is 4.39 Å². The summed E-state index contributed by atoms with van der Waals surface area (Å²) in [4.78, 5) is 23.9. The van der Waals surface area contributed by atoms with Crippen molar-refractivity contribution in [2.24, 2.45) is 0 Å². The summed E-state index contributed by atoms with van der Waals surface area (Å²) in [6.45, 7) is 1.16. The van der Waals surface area contributed by atoms with Crippen molar-refractivity contribution in [2.75, 3.05) is 6.61 Å². The first-order chi connectivity index (χ1) is 10.9. The van der Waals surface area contributed by atoms with Gasteiger partial charge in [-0.25, -0.2) is 9.18 Å². The Morgan fingerprint density at radius 1 is 1.39 bits per heavy atom. The summed E-state index contributed by atoms with van der Waals surface area (Å²) >= 11 is 0. The van der Waals surface area contributed by atoms with Crippen molar-refractivity contribution in [3.8, 4) is 6.07 Å². The van der Waals surface area contributed by atoms with Crippen LogP contribution in [0.15, 0.2) is 48.1 Å². The largest absolute Gasteiger partial charge is 0.459 e. The van der Waals surface area contributed by atoms with Crippen LogP contribution >= 0.6 is 0 Å². The summed E-state index contributed by atoms with van der Waals surface area (Å²) in [5.41, 5.74) is -0.676. The maximum Gasteiger partial charge on any atom is 0.334 e. The Hall–Kier alpha value is -2.94. The average Bonchev–Trinajstić information content (AvgIpc) is 3.08. The fourth-order valence-electron chi connectivity index (χ4n) is 1.92. The smallest absolute Gasteiger partial charge is 0.334 e. The highest BCUT2D eigenvalue weighted by Gasteiger charge is 2.29. The van der Waals surface area contributed by atoms with Gasteiger partial charge in [0, 0.05) is 11.1 Å². The number of carbonyl (C=O) groups excluding carboxylic acids is 2. The molecule has 2 rings (SSSR count). The molecule has 23 heavy (non-hydrogen) atoms. The van der Waals surface area contributed by atoms with E-state index in [9.17, 15) is 19.2 Å². The summed E-state index contributed by atoms with van der Waals surface area (Å²) in [7, 11) is 0. The van der Waals surface area contributed by atoms with E-state index in [0.717, 1.165) is 12.1 Å². The average molecular weight is 314 g/mol. The fraction of sp³-hybridized carbons (Fsp3) is 0.235. The monoisotopic (exact) mass is 314 g/mol. The van der Waals surface area contributed by atoms with Gasteiger partial charge in [0.25, 0.3) is 5.91 Å². The number of amides is 1. The van der Waals surface area contributed by atoms with E-state index in [1.165, 1.54) is 19.1 Å². The minimum Gasteiger partial charge on any atom is -0.459 e. The molecule has 1 N–H and O–H groups in total. The number of nitrogens with one attached hydrogen (secondary N) is 1. The van der Waals surface area contributed by atoms with E-state index in [4.69, 9.17) is 4.74 Å². The van der Waals surface area contributed by atoms with Gasteiger partial charge in [0.15, 0.2) is 5.54 Å². The number of hydrogen-bond acceptors (Lipinski definition) is 4. The highest BCUT2D eigenvalue weighted by molar-refractivity contribution is 5.95. The van der Waals surface area contributed by atoms with E-state index in [1.807, 2.05) is 12.1 Å². The Morgan fingerprint density at radius 2 is 2.09 bits per heavy atom. The van der Waals surface area contributed by atoms with Gasteiger partial charge in [0.1, 0.15) is 12.4 Å². The Balaban J connectivity index is 1.97. The lowest BCUT2D eigenvalue weighted by Gasteiger charge is -2.23. The van der Waals surface area contributed by atoms with E-state index < -0.39 is 23.2 Å². The molecule has 1 atom stereocenters. The lowest BCUT2D eigenvalue weighted by Crippen LogP contribution is -2.48. The normalized spacial score (nSPS) is 15.3. The van der Waals surface area contributed by atoms with Crippen molar-refractivity contribution in [3.63, 3.8) is 0 Å². The van der Waals surface area contributed by atoms with Gasteiger partial charge in [-0.1, -0.05) is 18.2 Å². The Bertz CT molecular complexity index is 716. The molecular formula is C17H15FN2O3. The molecule has 1 aliphatic rings. The summed E-state index contributed by atoms with van der Waals surface area (Å²) < 4.78 is 18.0. The number of carbonyl (C=O) groups is 2. The van der Waals surface area contributed by atoms with Crippen molar-refractivity contribution >= 4 is 11.9 Å². The second kappa shape index (κ2) is 6.88. The summed E-state index contributed by atoms with van der Waals surface area (Å²) in [5.74, 6) is -1.53. The number of nitrogens with zero attached hydrogens (tertiary/aromatic N) is 1. The molecule has 1 aromatic rings. The first-order valence-corrected chi connectivity index (χ1v) is 6.96. The van der Waals surface area contributed by atoms with Crippen LogP contribution in [0, 0.1) is 17.1 Å². The maximum absolute atomic E-state index is 12.9. The quantitative estimate of drug-likeness (QED) is 0.846. The third kappa shape index (κ3) is 4.27. The van der Waals surface area contributed by atoms with Crippen LogP contribution in [-0.2, 0) is 9.53 Å². The molecule has 1 amide bonds. The molecule has 0 aliphatic heterocycles. The van der Waals surface area contributed by atoms with Crippen molar-refractivity contribution in [2.45, 2.75) is 18.9 Å². The number of halogens is 1. The molecule has 0 fully saturated rings. The van der Waals surface area contributed by atoms with Gasteiger partial charge in [0.05, 0.1) is 6.07 Å². The van der Waals surface area contributed by atoms with Crippen molar-refractivity contribution in [1.29, 1.82) is 5.26 Å². The standard InChI is InChI=1S/C17H15FN2O3/c1-17(10-19,11-23-16(22)13-4-2-3-5-13)20-15(21)12-6-8-14(18)9-7-12/h2-4,6-9H,5,11H2,1H3,(H,20,21). The zero-order chi connectivity index (χ0) is 16.9. The molecule has 0 heterocycles. The van der Waals surface area contributed by atoms with E-state index >= 15 is 0 Å². The topological polar surface area (TPSA) is 79.2 Å². The number of ether oxygens (including phenoxy) is 1. The molecule has 1 aliphatic carbocycles. The summed E-state index contributed by atoms with van der Waals surface area (Å²) in [6, 6.07) is 6.84. The minimum absolute atomic E-state index is 0.210. The predicted octanol–water partition coefficient (Wildman–Crippen LogP) is 2.27. The second-order valence-corrected chi connectivity index (χ2v) is 5.31. The highest BCUT2D eigenvalue weighted by atomic mass is 19.1. The zero-order valence-corrected chi connectivity index (χ0v) is 12.5. The van der Waals surface area contributed by atoms with E-state index in [-0.39, 0.29) is 12.2 Å². The van der Waals surface area contributed by atoms with E-state index in [1.54, 1.807) is 12.2 Å². The molecule has 6 heteroatoms. The van der Waals surface area contributed by atoms with Crippen LogP contribution in [0.5, 0.6) is 0 Å². The fourth-order valence-corrected chi connectivity index (χ4v) is 1.92. The van der Waals surface area contributed by atoms with Gasteiger partial charge < -0.3 is 10.1 Å². The lowest BCUT2D eigenvalue weighted by atomic mass is 10.0.